The molecule has 0 aliphatic carbocycles. The monoisotopic (exact) mass is 318 g/mol. The van der Waals surface area contributed by atoms with Crippen molar-refractivity contribution >= 4 is 56.7 Å². The predicted molar refractivity (Wildman–Crippen MR) is 88.2 cm³/mol. The zero-order chi connectivity index (χ0) is 13.4. The molecule has 1 rings (SSSR count). The van der Waals surface area contributed by atoms with Crippen molar-refractivity contribution in [3.05, 3.63) is 35.4 Å². The summed E-state index contributed by atoms with van der Waals surface area (Å²) >= 11 is 13.1. The van der Waals surface area contributed by atoms with E-state index in [1.54, 1.807) is 14.2 Å². The van der Waals surface area contributed by atoms with Gasteiger partial charge in [-0.2, -0.15) is 0 Å². The summed E-state index contributed by atoms with van der Waals surface area (Å²) < 4.78 is 11.1. The molecule has 0 radical (unpaired) electrons. The Hall–Kier alpha value is -0.300. The van der Waals surface area contributed by atoms with Crippen LogP contribution in [0.1, 0.15) is 11.1 Å². The number of ether oxygens (including phenoxy) is 2. The van der Waals surface area contributed by atoms with Crippen molar-refractivity contribution in [3.8, 4) is 0 Å². The van der Waals surface area contributed by atoms with Crippen molar-refractivity contribution in [1.29, 1.82) is 0 Å². The maximum absolute atomic E-state index is 5.02. The van der Waals surface area contributed by atoms with E-state index in [0.29, 0.717) is 8.77 Å². The average molecular weight is 319 g/mol. The second-order valence-corrected chi connectivity index (χ2v) is 6.41. The third-order valence-electron chi connectivity index (χ3n) is 2.14. The third-order valence-corrected chi connectivity index (χ3v) is 4.90. The highest BCUT2D eigenvalue weighted by Crippen LogP contribution is 2.22. The van der Waals surface area contributed by atoms with Gasteiger partial charge in [0.1, 0.15) is 0 Å². The minimum Gasteiger partial charge on any atom is -0.482 e. The lowest BCUT2D eigenvalue weighted by Crippen LogP contribution is -1.97. The first-order valence-corrected chi connectivity index (χ1v) is 7.94. The first kappa shape index (κ1) is 15.8. The van der Waals surface area contributed by atoms with Gasteiger partial charge in [-0.3, -0.25) is 0 Å². The van der Waals surface area contributed by atoms with Crippen LogP contribution in [-0.4, -0.2) is 23.0 Å². The van der Waals surface area contributed by atoms with Gasteiger partial charge >= 0.3 is 0 Å². The van der Waals surface area contributed by atoms with Crippen LogP contribution in [0, 0.1) is 0 Å². The molecular weight excluding hydrogens is 304 g/mol. The lowest BCUT2D eigenvalue weighted by Gasteiger charge is -2.09. The van der Waals surface area contributed by atoms with Gasteiger partial charge in [0, 0.05) is 11.5 Å². The standard InChI is InChI=1S/C12H14O2S4/c1-13-11(15)17-7-9-5-3-4-6-10(9)8-18-12(16)14-2/h3-6H,7-8H2,1-2H3. The van der Waals surface area contributed by atoms with Crippen LogP contribution in [0.3, 0.4) is 0 Å². The Kier molecular flexibility index (Phi) is 7.65. The van der Waals surface area contributed by atoms with Gasteiger partial charge in [-0.1, -0.05) is 47.8 Å². The molecule has 0 fully saturated rings. The third kappa shape index (κ3) is 5.56. The maximum atomic E-state index is 5.02. The van der Waals surface area contributed by atoms with E-state index in [0.717, 1.165) is 11.5 Å². The Balaban J connectivity index is 2.61. The maximum Gasteiger partial charge on any atom is 0.220 e. The van der Waals surface area contributed by atoms with Crippen molar-refractivity contribution in [3.63, 3.8) is 0 Å². The summed E-state index contributed by atoms with van der Waals surface area (Å²) in [5.41, 5.74) is 2.49. The Morgan fingerprint density at radius 2 is 1.33 bits per heavy atom. The fourth-order valence-corrected chi connectivity index (χ4v) is 2.93. The molecule has 0 aliphatic heterocycles. The van der Waals surface area contributed by atoms with Crippen molar-refractivity contribution in [2.75, 3.05) is 14.2 Å². The molecule has 6 heteroatoms. The quantitative estimate of drug-likeness (QED) is 0.775. The molecule has 0 saturated carbocycles. The molecule has 1 aromatic carbocycles. The van der Waals surface area contributed by atoms with Gasteiger partial charge in [0.05, 0.1) is 14.2 Å². The fourth-order valence-electron chi connectivity index (χ4n) is 1.23. The molecule has 0 atom stereocenters. The van der Waals surface area contributed by atoms with Crippen LogP contribution in [0.2, 0.25) is 0 Å². The zero-order valence-corrected chi connectivity index (χ0v) is 13.4. The molecule has 18 heavy (non-hydrogen) atoms. The Labute approximate surface area is 127 Å². The van der Waals surface area contributed by atoms with Gasteiger partial charge in [0.15, 0.2) is 0 Å². The first-order valence-electron chi connectivity index (χ1n) is 5.15. The van der Waals surface area contributed by atoms with Gasteiger partial charge in [-0.25, -0.2) is 0 Å². The fraction of sp³-hybridized carbons (Fsp3) is 0.333. The molecule has 0 saturated heterocycles. The van der Waals surface area contributed by atoms with E-state index < -0.39 is 0 Å². The van der Waals surface area contributed by atoms with Crippen molar-refractivity contribution < 1.29 is 9.47 Å². The summed E-state index contributed by atoms with van der Waals surface area (Å²) in [4.78, 5) is 0. The summed E-state index contributed by atoms with van der Waals surface area (Å²) in [5, 5.41) is 0. The largest absolute Gasteiger partial charge is 0.482 e. The van der Waals surface area contributed by atoms with Crippen LogP contribution < -0.4 is 0 Å². The number of methoxy groups -OCH3 is 2. The molecule has 1 aromatic rings. The molecule has 0 bridgehead atoms. The van der Waals surface area contributed by atoms with Crippen molar-refractivity contribution in [2.45, 2.75) is 11.5 Å². The minimum absolute atomic E-state index is 0.560. The van der Waals surface area contributed by atoms with E-state index in [-0.39, 0.29) is 0 Å². The first-order chi connectivity index (χ1) is 8.67. The summed E-state index contributed by atoms with van der Waals surface area (Å²) in [6.45, 7) is 0. The number of hydrogen-bond acceptors (Lipinski definition) is 6. The van der Waals surface area contributed by atoms with Gasteiger partial charge in [-0.15, -0.1) is 0 Å². The van der Waals surface area contributed by atoms with Crippen LogP contribution in [0.5, 0.6) is 0 Å². The second-order valence-electron chi connectivity index (χ2n) is 3.25. The highest BCUT2D eigenvalue weighted by atomic mass is 32.2. The molecule has 0 N–H and O–H groups in total. The van der Waals surface area contributed by atoms with Crippen LogP contribution in [0.25, 0.3) is 0 Å². The molecule has 2 nitrogen and oxygen atoms in total. The summed E-state index contributed by atoms with van der Waals surface area (Å²) in [5.74, 6) is 1.62. The Morgan fingerprint density at radius 1 is 0.944 bits per heavy atom. The van der Waals surface area contributed by atoms with E-state index in [9.17, 15) is 0 Å². The number of hydrogen-bond donors (Lipinski definition) is 0. The molecule has 0 heterocycles. The van der Waals surface area contributed by atoms with Crippen LogP contribution >= 0.6 is 48.0 Å². The summed E-state index contributed by atoms with van der Waals surface area (Å²) in [7, 11) is 3.18. The number of rotatable bonds is 4. The Morgan fingerprint density at radius 3 is 1.67 bits per heavy atom. The van der Waals surface area contributed by atoms with Crippen LogP contribution in [-0.2, 0) is 21.0 Å². The second kappa shape index (κ2) is 8.74. The molecule has 0 aromatic heterocycles. The van der Waals surface area contributed by atoms with Crippen molar-refractivity contribution in [2.24, 2.45) is 0 Å². The lowest BCUT2D eigenvalue weighted by molar-refractivity contribution is 0.426. The highest BCUT2D eigenvalue weighted by Gasteiger charge is 2.06. The highest BCUT2D eigenvalue weighted by molar-refractivity contribution is 8.22. The lowest BCUT2D eigenvalue weighted by atomic mass is 10.1. The Bertz CT molecular complexity index is 381. The molecule has 0 spiro atoms. The molecule has 0 aliphatic rings. The number of thioether (sulfide) groups is 2. The number of thiocarbonyl (C=S) groups is 2. The number of benzene rings is 1. The van der Waals surface area contributed by atoms with E-state index in [2.05, 4.69) is 12.1 Å². The smallest absolute Gasteiger partial charge is 0.220 e. The van der Waals surface area contributed by atoms with Gasteiger partial charge in [-0.05, 0) is 35.6 Å². The van der Waals surface area contributed by atoms with E-state index in [1.807, 2.05) is 12.1 Å². The average Bonchev–Trinajstić information content (AvgIpc) is 2.42. The normalized spacial score (nSPS) is 9.89. The predicted octanol–water partition coefficient (Wildman–Crippen LogP) is 4.02. The molecule has 0 unspecified atom stereocenters. The molecule has 98 valence electrons. The minimum atomic E-state index is 0.560. The SMILES string of the molecule is COC(=S)SCc1ccccc1CSC(=S)OC. The van der Waals surface area contributed by atoms with Gasteiger partial charge in [0.2, 0.25) is 8.77 Å². The van der Waals surface area contributed by atoms with E-state index in [4.69, 9.17) is 33.9 Å². The van der Waals surface area contributed by atoms with Gasteiger partial charge < -0.3 is 9.47 Å². The van der Waals surface area contributed by atoms with Crippen LogP contribution in [0.15, 0.2) is 24.3 Å². The summed E-state index contributed by atoms with van der Waals surface area (Å²) in [6, 6.07) is 8.23. The molecular formula is C12H14O2S4. The molecule has 0 amide bonds. The summed E-state index contributed by atoms with van der Waals surface area (Å²) in [6.07, 6.45) is 0. The zero-order valence-electron chi connectivity index (χ0n) is 10.2. The van der Waals surface area contributed by atoms with Gasteiger partial charge in [0.25, 0.3) is 0 Å². The van der Waals surface area contributed by atoms with Crippen LogP contribution in [0.4, 0.5) is 0 Å². The van der Waals surface area contributed by atoms with E-state index in [1.165, 1.54) is 34.7 Å². The van der Waals surface area contributed by atoms with Crippen molar-refractivity contribution in [1.82, 2.24) is 0 Å². The van der Waals surface area contributed by atoms with E-state index >= 15 is 0 Å². The topological polar surface area (TPSA) is 18.5 Å².